The lowest BCUT2D eigenvalue weighted by molar-refractivity contribution is -0.117. The molecule has 2 heterocycles. The van der Waals surface area contributed by atoms with Crippen molar-refractivity contribution >= 4 is 32.7 Å². The zero-order valence-corrected chi connectivity index (χ0v) is 16.4. The van der Waals surface area contributed by atoms with Gasteiger partial charge in [-0.1, -0.05) is 37.2 Å². The second kappa shape index (κ2) is 8.08. The maximum atomic E-state index is 13.1. The van der Waals surface area contributed by atoms with E-state index in [0.29, 0.717) is 24.6 Å². The zero-order valence-electron chi connectivity index (χ0n) is 14.7. The monoisotopic (exact) mass is 398 g/mol. The first-order valence-electron chi connectivity index (χ1n) is 8.87. The van der Waals surface area contributed by atoms with Crippen LogP contribution in [-0.4, -0.2) is 53.7 Å². The van der Waals surface area contributed by atoms with Crippen LogP contribution in [0.5, 0.6) is 0 Å². The van der Waals surface area contributed by atoms with Gasteiger partial charge in [0, 0.05) is 18.2 Å². The van der Waals surface area contributed by atoms with E-state index in [1.807, 2.05) is 11.8 Å². The second-order valence-corrected chi connectivity index (χ2v) is 10.1. The Bertz CT molecular complexity index is 793. The molecule has 0 bridgehead atoms. The van der Waals surface area contributed by atoms with Gasteiger partial charge in [-0.3, -0.25) is 4.79 Å². The lowest BCUT2D eigenvalue weighted by Gasteiger charge is -2.24. The first kappa shape index (κ1) is 19.4. The van der Waals surface area contributed by atoms with Gasteiger partial charge in [-0.25, -0.2) is 12.8 Å². The van der Waals surface area contributed by atoms with E-state index in [0.717, 1.165) is 18.4 Å². The molecule has 0 radical (unpaired) electrons. The van der Waals surface area contributed by atoms with Gasteiger partial charge in [-0.05, 0) is 30.5 Å². The van der Waals surface area contributed by atoms with Crippen LogP contribution in [0.4, 0.5) is 4.39 Å². The van der Waals surface area contributed by atoms with Crippen LogP contribution in [0.1, 0.15) is 31.7 Å². The normalized spacial score (nSPS) is 25.6. The molecule has 0 unspecified atom stereocenters. The summed E-state index contributed by atoms with van der Waals surface area (Å²) in [7, 11) is -3.05. The van der Waals surface area contributed by atoms with Crippen molar-refractivity contribution in [2.45, 2.75) is 43.9 Å². The van der Waals surface area contributed by atoms with Crippen LogP contribution in [0.2, 0.25) is 0 Å². The van der Waals surface area contributed by atoms with Crippen LogP contribution >= 0.6 is 11.8 Å². The van der Waals surface area contributed by atoms with E-state index in [2.05, 4.69) is 4.99 Å². The molecule has 2 atom stereocenters. The molecule has 0 N–H and O–H groups in total. The number of carbonyl (C=O) groups is 1. The number of hydrogen-bond donors (Lipinski definition) is 0. The molecule has 5 nitrogen and oxygen atoms in total. The first-order valence-corrected chi connectivity index (χ1v) is 11.6. The molecule has 8 heteroatoms. The number of unbranched alkanes of at least 4 members (excludes halogenated alkanes) is 1. The van der Waals surface area contributed by atoms with Crippen LogP contribution in [0.3, 0.4) is 0 Å². The largest absolute Gasteiger partial charge is 0.346 e. The number of aliphatic imine (C=N–C) groups is 1. The van der Waals surface area contributed by atoms with Crippen molar-refractivity contribution in [3.63, 3.8) is 0 Å². The summed E-state index contributed by atoms with van der Waals surface area (Å²) < 4.78 is 37.0. The highest BCUT2D eigenvalue weighted by molar-refractivity contribution is 8.15. The average molecular weight is 399 g/mol. The molecule has 0 saturated carbocycles. The topological polar surface area (TPSA) is 66.8 Å². The third-order valence-electron chi connectivity index (χ3n) is 4.69. The van der Waals surface area contributed by atoms with Crippen molar-refractivity contribution in [3.8, 4) is 0 Å². The van der Waals surface area contributed by atoms with Crippen molar-refractivity contribution in [2.24, 2.45) is 4.99 Å². The fraction of sp³-hybridized carbons (Fsp3) is 0.556. The number of sulfone groups is 1. The van der Waals surface area contributed by atoms with Gasteiger partial charge < -0.3 is 4.90 Å². The summed E-state index contributed by atoms with van der Waals surface area (Å²) in [6, 6.07) is 6.15. The molecule has 3 rings (SSSR count). The molecule has 0 aromatic heterocycles. The van der Waals surface area contributed by atoms with Crippen LogP contribution in [0, 0.1) is 5.82 Å². The van der Waals surface area contributed by atoms with Crippen LogP contribution < -0.4 is 0 Å². The number of amidine groups is 1. The maximum Gasteiger partial charge on any atom is 0.248 e. The third-order valence-corrected chi connectivity index (χ3v) is 7.94. The molecule has 0 aliphatic carbocycles. The Labute approximate surface area is 158 Å². The molecule has 2 fully saturated rings. The van der Waals surface area contributed by atoms with E-state index in [1.165, 1.54) is 23.9 Å². The van der Waals surface area contributed by atoms with Crippen molar-refractivity contribution in [2.75, 3.05) is 18.1 Å². The lowest BCUT2D eigenvalue weighted by Crippen LogP contribution is -2.39. The number of thioether (sulfide) groups is 1. The first-order chi connectivity index (χ1) is 12.4. The van der Waals surface area contributed by atoms with Crippen LogP contribution in [-0.2, 0) is 21.1 Å². The van der Waals surface area contributed by atoms with Gasteiger partial charge in [0.05, 0.1) is 17.5 Å². The molecule has 142 valence electrons. The summed E-state index contributed by atoms with van der Waals surface area (Å²) >= 11 is 1.41. The summed E-state index contributed by atoms with van der Waals surface area (Å²) in [4.78, 5) is 18.3. The predicted molar refractivity (Wildman–Crippen MR) is 103 cm³/mol. The minimum absolute atomic E-state index is 0.0639. The molecule has 0 spiro atoms. The summed E-state index contributed by atoms with van der Waals surface area (Å²) in [5, 5.41) is 0.573. The third kappa shape index (κ3) is 4.65. The molecule has 26 heavy (non-hydrogen) atoms. The van der Waals surface area contributed by atoms with E-state index in [9.17, 15) is 17.6 Å². The van der Waals surface area contributed by atoms with Crippen LogP contribution in [0.25, 0.3) is 0 Å². The molecule has 1 aromatic carbocycles. The molecule has 1 aromatic rings. The number of halogens is 1. The van der Waals surface area contributed by atoms with Crippen molar-refractivity contribution in [1.82, 2.24) is 4.90 Å². The fourth-order valence-electron chi connectivity index (χ4n) is 3.29. The molecule has 2 saturated heterocycles. The van der Waals surface area contributed by atoms with Crippen molar-refractivity contribution < 1.29 is 17.6 Å². The number of carbonyl (C=O) groups excluding carboxylic acids is 1. The maximum absolute atomic E-state index is 13.1. The van der Waals surface area contributed by atoms with E-state index < -0.39 is 9.84 Å². The van der Waals surface area contributed by atoms with E-state index in [-0.39, 0.29) is 34.5 Å². The van der Waals surface area contributed by atoms with Gasteiger partial charge in [0.1, 0.15) is 5.82 Å². The minimum Gasteiger partial charge on any atom is -0.346 e. The van der Waals surface area contributed by atoms with Crippen molar-refractivity contribution in [3.05, 3.63) is 35.6 Å². The summed E-state index contributed by atoms with van der Waals surface area (Å²) in [6.07, 6.45) is 2.80. The smallest absolute Gasteiger partial charge is 0.248 e. The highest BCUT2D eigenvalue weighted by Crippen LogP contribution is 2.38. The number of rotatable bonds is 6. The lowest BCUT2D eigenvalue weighted by atomic mass is 10.1. The second-order valence-electron chi connectivity index (χ2n) is 6.76. The highest BCUT2D eigenvalue weighted by atomic mass is 32.2. The molecular weight excluding hydrogens is 375 g/mol. The van der Waals surface area contributed by atoms with Gasteiger partial charge in [0.15, 0.2) is 15.0 Å². The molecule has 2 aliphatic heterocycles. The number of nitrogens with zero attached hydrogens (tertiary/aromatic N) is 2. The fourth-order valence-corrected chi connectivity index (χ4v) is 7.28. The minimum atomic E-state index is -3.05. The molecule has 1 amide bonds. The van der Waals surface area contributed by atoms with Gasteiger partial charge >= 0.3 is 0 Å². The van der Waals surface area contributed by atoms with Crippen LogP contribution in [0.15, 0.2) is 29.3 Å². The SMILES string of the molecule is CCCCC(=O)N=C1S[C@@H]2CS(=O)(=O)C[C@H]2N1CCc1ccc(F)cc1. The molecule has 2 aliphatic rings. The Morgan fingerprint density at radius 3 is 2.73 bits per heavy atom. The average Bonchev–Trinajstić information content (AvgIpc) is 3.04. The number of amides is 1. The zero-order chi connectivity index (χ0) is 18.7. The van der Waals surface area contributed by atoms with Gasteiger partial charge in [0.25, 0.3) is 0 Å². The molecular formula is C18H23FN2O3S2. The Morgan fingerprint density at radius 2 is 2.04 bits per heavy atom. The van der Waals surface area contributed by atoms with Crippen molar-refractivity contribution in [1.29, 1.82) is 0 Å². The Hall–Kier alpha value is -1.41. The van der Waals surface area contributed by atoms with E-state index in [1.54, 1.807) is 12.1 Å². The number of benzene rings is 1. The Morgan fingerprint density at radius 1 is 1.31 bits per heavy atom. The highest BCUT2D eigenvalue weighted by Gasteiger charge is 2.48. The Kier molecular flexibility index (Phi) is 6.02. The van der Waals surface area contributed by atoms with Gasteiger partial charge in [-0.2, -0.15) is 4.99 Å². The quantitative estimate of drug-likeness (QED) is 0.737. The van der Waals surface area contributed by atoms with Gasteiger partial charge in [0.2, 0.25) is 5.91 Å². The Balaban J connectivity index is 1.74. The standard InChI is InChI=1S/C18H23FN2O3S2/c1-2-3-4-17(22)20-18-21(10-9-13-5-7-14(19)8-6-13)15-11-26(23,24)12-16(15)25-18/h5-8,15-16H,2-4,9-12H2,1H3/t15-,16-/m1/s1. The van der Waals surface area contributed by atoms with E-state index >= 15 is 0 Å². The van der Waals surface area contributed by atoms with E-state index in [4.69, 9.17) is 0 Å². The number of fused-ring (bicyclic) bond motifs is 1. The summed E-state index contributed by atoms with van der Waals surface area (Å²) in [5.41, 5.74) is 0.970. The summed E-state index contributed by atoms with van der Waals surface area (Å²) in [5.74, 6) is -0.187. The number of hydrogen-bond acceptors (Lipinski definition) is 4. The summed E-state index contributed by atoms with van der Waals surface area (Å²) in [6.45, 7) is 2.59. The predicted octanol–water partition coefficient (Wildman–Crippen LogP) is 2.66. The van der Waals surface area contributed by atoms with Gasteiger partial charge in [-0.15, -0.1) is 0 Å².